The largest absolute Gasteiger partial charge is 0.396 e. The average Bonchev–Trinajstić information content (AvgIpc) is 2.91. The van der Waals surface area contributed by atoms with Crippen molar-refractivity contribution in [1.29, 1.82) is 0 Å². The van der Waals surface area contributed by atoms with E-state index in [1.165, 1.54) is 10.9 Å². The summed E-state index contributed by atoms with van der Waals surface area (Å²) in [5, 5.41) is 6.62. The molecule has 5 N–H and O–H groups in total. The van der Waals surface area contributed by atoms with E-state index in [9.17, 15) is 9.59 Å². The number of benzene rings is 1. The standard InChI is InChI=1S/C12H12N6O2/c1-18-10(7(13)5-14-18)11(19)15-6-2-3-8-9(4-6)17-12(20)16-8/h2-5H,13H2,1H3,(H,15,19)(H2,16,17,20). The molecular weight excluding hydrogens is 260 g/mol. The second-order valence-electron chi connectivity index (χ2n) is 4.37. The zero-order chi connectivity index (χ0) is 14.3. The molecule has 0 atom stereocenters. The minimum absolute atomic E-state index is 0.285. The van der Waals surface area contributed by atoms with Crippen molar-refractivity contribution in [2.45, 2.75) is 0 Å². The molecule has 0 aliphatic carbocycles. The first-order valence-electron chi connectivity index (χ1n) is 5.85. The Kier molecular flexibility index (Phi) is 2.56. The zero-order valence-corrected chi connectivity index (χ0v) is 10.6. The number of nitrogens with one attached hydrogen (secondary N) is 3. The number of imidazole rings is 1. The molecule has 0 aliphatic heterocycles. The predicted octanol–water partition coefficient (Wildman–Crippen LogP) is 0.424. The van der Waals surface area contributed by atoms with Gasteiger partial charge in [0.25, 0.3) is 5.91 Å². The molecule has 2 aromatic heterocycles. The number of carbonyl (C=O) groups is 1. The smallest absolute Gasteiger partial charge is 0.323 e. The van der Waals surface area contributed by atoms with Crippen LogP contribution in [0.1, 0.15) is 10.5 Å². The second-order valence-corrected chi connectivity index (χ2v) is 4.37. The first-order valence-corrected chi connectivity index (χ1v) is 5.85. The molecule has 1 aromatic carbocycles. The molecule has 1 amide bonds. The number of H-pyrrole nitrogens is 2. The van der Waals surface area contributed by atoms with Crippen LogP contribution in [0.15, 0.2) is 29.2 Å². The summed E-state index contributed by atoms with van der Waals surface area (Å²) in [5.41, 5.74) is 7.84. The van der Waals surface area contributed by atoms with Gasteiger partial charge in [-0.15, -0.1) is 0 Å². The highest BCUT2D eigenvalue weighted by atomic mass is 16.2. The van der Waals surface area contributed by atoms with Gasteiger partial charge in [0.2, 0.25) is 0 Å². The number of anilines is 2. The van der Waals surface area contributed by atoms with Gasteiger partial charge in [-0.05, 0) is 18.2 Å². The van der Waals surface area contributed by atoms with Gasteiger partial charge in [-0.2, -0.15) is 5.10 Å². The van der Waals surface area contributed by atoms with Crippen molar-refractivity contribution in [3.05, 3.63) is 40.6 Å². The summed E-state index contributed by atoms with van der Waals surface area (Å²) in [5.74, 6) is -0.361. The fourth-order valence-electron chi connectivity index (χ4n) is 2.03. The Labute approximate surface area is 112 Å². The Bertz CT molecular complexity index is 837. The number of aromatic nitrogens is 4. The third-order valence-electron chi connectivity index (χ3n) is 2.96. The lowest BCUT2D eigenvalue weighted by Gasteiger charge is -2.06. The molecule has 3 aromatic rings. The van der Waals surface area contributed by atoms with Crippen LogP contribution in [-0.2, 0) is 7.05 Å². The number of aryl methyl sites for hydroxylation is 1. The van der Waals surface area contributed by atoms with Crippen LogP contribution in [0.25, 0.3) is 11.0 Å². The summed E-state index contributed by atoms with van der Waals surface area (Å²) < 4.78 is 1.40. The maximum absolute atomic E-state index is 12.1. The molecule has 102 valence electrons. The quantitative estimate of drug-likeness (QED) is 0.540. The van der Waals surface area contributed by atoms with Gasteiger partial charge in [0.05, 0.1) is 22.9 Å². The average molecular weight is 272 g/mol. The molecule has 2 heterocycles. The fourth-order valence-corrected chi connectivity index (χ4v) is 2.03. The van der Waals surface area contributed by atoms with Crippen LogP contribution in [0.2, 0.25) is 0 Å². The van der Waals surface area contributed by atoms with Crippen LogP contribution >= 0.6 is 0 Å². The summed E-state index contributed by atoms with van der Waals surface area (Å²) in [4.78, 5) is 28.6. The van der Waals surface area contributed by atoms with Crippen molar-refractivity contribution in [3.8, 4) is 0 Å². The molecule has 8 nitrogen and oxygen atoms in total. The van der Waals surface area contributed by atoms with Crippen LogP contribution < -0.4 is 16.7 Å². The number of nitrogen functional groups attached to an aromatic ring is 1. The molecule has 20 heavy (non-hydrogen) atoms. The molecule has 0 saturated heterocycles. The van der Waals surface area contributed by atoms with Crippen molar-refractivity contribution in [2.24, 2.45) is 7.05 Å². The molecule has 8 heteroatoms. The number of nitrogens with zero attached hydrogens (tertiary/aromatic N) is 2. The van der Waals surface area contributed by atoms with Crippen LogP contribution in [0.5, 0.6) is 0 Å². The monoisotopic (exact) mass is 272 g/mol. The van der Waals surface area contributed by atoms with E-state index in [2.05, 4.69) is 20.4 Å². The summed E-state index contributed by atoms with van der Waals surface area (Å²) in [7, 11) is 1.64. The number of nitrogens with two attached hydrogens (primary N) is 1. The van der Waals surface area contributed by atoms with Crippen LogP contribution in [0.4, 0.5) is 11.4 Å². The number of amides is 1. The third-order valence-corrected chi connectivity index (χ3v) is 2.96. The normalized spacial score (nSPS) is 10.8. The topological polar surface area (TPSA) is 122 Å². The summed E-state index contributed by atoms with van der Waals surface area (Å²) >= 11 is 0. The molecular formula is C12H12N6O2. The maximum Gasteiger partial charge on any atom is 0.323 e. The Morgan fingerprint density at radius 2 is 2.10 bits per heavy atom. The molecule has 0 spiro atoms. The summed E-state index contributed by atoms with van der Waals surface area (Å²) in [6.07, 6.45) is 1.42. The first kappa shape index (κ1) is 12.0. The number of fused-ring (bicyclic) bond motifs is 1. The van der Waals surface area contributed by atoms with E-state index in [0.29, 0.717) is 22.4 Å². The first-order chi connectivity index (χ1) is 9.54. The second kappa shape index (κ2) is 4.26. The molecule has 0 fully saturated rings. The van der Waals surface area contributed by atoms with Crippen LogP contribution in [-0.4, -0.2) is 25.7 Å². The highest BCUT2D eigenvalue weighted by molar-refractivity contribution is 6.06. The van der Waals surface area contributed by atoms with Gasteiger partial charge in [0.1, 0.15) is 5.69 Å². The zero-order valence-electron chi connectivity index (χ0n) is 10.6. The van der Waals surface area contributed by atoms with Gasteiger partial charge in [-0.1, -0.05) is 0 Å². The maximum atomic E-state index is 12.1. The van der Waals surface area contributed by atoms with Gasteiger partial charge < -0.3 is 21.0 Å². The van der Waals surface area contributed by atoms with Gasteiger partial charge in [-0.25, -0.2) is 4.79 Å². The SMILES string of the molecule is Cn1ncc(N)c1C(=O)Nc1ccc2[nH]c(=O)[nH]c2c1. The van der Waals surface area contributed by atoms with Gasteiger partial charge in [0, 0.05) is 12.7 Å². The Hall–Kier alpha value is -3.03. The Morgan fingerprint density at radius 1 is 1.35 bits per heavy atom. The fraction of sp³-hybridized carbons (Fsp3) is 0.0833. The van der Waals surface area contributed by atoms with Gasteiger partial charge >= 0.3 is 5.69 Å². The minimum Gasteiger partial charge on any atom is -0.396 e. The Balaban J connectivity index is 1.93. The van der Waals surface area contributed by atoms with E-state index in [0.717, 1.165) is 0 Å². The Morgan fingerprint density at radius 3 is 2.80 bits per heavy atom. The van der Waals surface area contributed by atoms with Crippen molar-refractivity contribution in [3.63, 3.8) is 0 Å². The molecule has 0 radical (unpaired) electrons. The molecule has 3 rings (SSSR count). The van der Waals surface area contributed by atoms with Gasteiger partial charge in [-0.3, -0.25) is 9.48 Å². The van der Waals surface area contributed by atoms with Crippen molar-refractivity contribution >= 4 is 28.3 Å². The van der Waals surface area contributed by atoms with E-state index in [1.807, 2.05) is 0 Å². The van der Waals surface area contributed by atoms with Crippen molar-refractivity contribution in [2.75, 3.05) is 11.1 Å². The lowest BCUT2D eigenvalue weighted by atomic mass is 10.2. The van der Waals surface area contributed by atoms with E-state index >= 15 is 0 Å². The van der Waals surface area contributed by atoms with Crippen LogP contribution in [0, 0.1) is 0 Å². The van der Waals surface area contributed by atoms with E-state index in [4.69, 9.17) is 5.73 Å². The van der Waals surface area contributed by atoms with Crippen molar-refractivity contribution < 1.29 is 4.79 Å². The van der Waals surface area contributed by atoms with Gasteiger partial charge in [0.15, 0.2) is 0 Å². The lowest BCUT2D eigenvalue weighted by Crippen LogP contribution is -2.17. The number of carbonyl (C=O) groups excluding carboxylic acids is 1. The number of aromatic amines is 2. The van der Waals surface area contributed by atoms with E-state index < -0.39 is 0 Å². The highest BCUT2D eigenvalue weighted by Gasteiger charge is 2.15. The molecule has 0 saturated carbocycles. The van der Waals surface area contributed by atoms with Crippen LogP contribution in [0.3, 0.4) is 0 Å². The minimum atomic E-state index is -0.361. The molecule has 0 bridgehead atoms. The molecule has 0 aliphatic rings. The number of rotatable bonds is 2. The third kappa shape index (κ3) is 1.92. The summed E-state index contributed by atoms with van der Waals surface area (Å²) in [6, 6.07) is 5.06. The van der Waals surface area contributed by atoms with E-state index in [-0.39, 0.29) is 17.3 Å². The lowest BCUT2D eigenvalue weighted by molar-refractivity contribution is 0.101. The highest BCUT2D eigenvalue weighted by Crippen LogP contribution is 2.17. The van der Waals surface area contributed by atoms with Crippen molar-refractivity contribution in [1.82, 2.24) is 19.7 Å². The molecule has 0 unspecified atom stereocenters. The number of hydrogen-bond donors (Lipinski definition) is 4. The van der Waals surface area contributed by atoms with E-state index in [1.54, 1.807) is 25.2 Å². The predicted molar refractivity (Wildman–Crippen MR) is 74.5 cm³/mol. The summed E-state index contributed by atoms with van der Waals surface area (Å²) in [6.45, 7) is 0. The number of hydrogen-bond acceptors (Lipinski definition) is 4.